The summed E-state index contributed by atoms with van der Waals surface area (Å²) in [6.45, 7) is 6.63. The molecule has 0 saturated heterocycles. The van der Waals surface area contributed by atoms with Crippen LogP contribution in [0.2, 0.25) is 0 Å². The molecule has 98 valence electrons. The summed E-state index contributed by atoms with van der Waals surface area (Å²) in [5.74, 6) is 1.48. The van der Waals surface area contributed by atoms with Gasteiger partial charge in [0.05, 0.1) is 5.69 Å². The number of nitrogens with one attached hydrogen (secondary N) is 2. The van der Waals surface area contributed by atoms with Crippen LogP contribution in [0.5, 0.6) is 0 Å². The molecule has 3 rings (SSSR count). The summed E-state index contributed by atoms with van der Waals surface area (Å²) in [6, 6.07) is 1.95. The van der Waals surface area contributed by atoms with E-state index in [1.54, 1.807) is 4.52 Å². The number of aryl methyl sites for hydroxylation is 3. The van der Waals surface area contributed by atoms with Crippen LogP contribution in [0, 0.1) is 20.8 Å². The first-order valence-electron chi connectivity index (χ1n) is 6.07. The number of anilines is 1. The third-order valence-electron chi connectivity index (χ3n) is 3.11. The number of aromatic nitrogens is 6. The van der Waals surface area contributed by atoms with Gasteiger partial charge in [-0.3, -0.25) is 5.10 Å². The molecule has 2 N–H and O–H groups in total. The van der Waals surface area contributed by atoms with E-state index in [2.05, 4.69) is 30.6 Å². The minimum atomic E-state index is 0.600. The van der Waals surface area contributed by atoms with E-state index in [1.807, 2.05) is 26.8 Å². The normalized spacial score (nSPS) is 11.1. The molecule has 0 aliphatic rings. The van der Waals surface area contributed by atoms with E-state index >= 15 is 0 Å². The van der Waals surface area contributed by atoms with E-state index in [0.29, 0.717) is 12.3 Å². The van der Waals surface area contributed by atoms with Gasteiger partial charge in [-0.05, 0) is 20.8 Å². The molecule has 7 heteroatoms. The van der Waals surface area contributed by atoms with E-state index in [9.17, 15) is 0 Å². The predicted octanol–water partition coefficient (Wildman–Crippen LogP) is 1.38. The molecule has 3 aromatic rings. The molecule has 0 atom stereocenters. The Kier molecular flexibility index (Phi) is 2.66. The van der Waals surface area contributed by atoms with Crippen LogP contribution in [0.4, 0.5) is 5.82 Å². The smallest absolute Gasteiger partial charge is 0.254 e. The highest BCUT2D eigenvalue weighted by atomic mass is 15.3. The predicted molar refractivity (Wildman–Crippen MR) is 70.9 cm³/mol. The zero-order valence-corrected chi connectivity index (χ0v) is 11.1. The molecule has 0 saturated carbocycles. The second-order valence-corrected chi connectivity index (χ2v) is 4.52. The number of H-pyrrole nitrogens is 1. The van der Waals surface area contributed by atoms with Crippen LogP contribution < -0.4 is 5.32 Å². The molecule has 0 aliphatic heterocycles. The van der Waals surface area contributed by atoms with Crippen molar-refractivity contribution in [3.63, 3.8) is 0 Å². The van der Waals surface area contributed by atoms with Crippen LogP contribution in [-0.4, -0.2) is 29.8 Å². The Morgan fingerprint density at radius 3 is 2.89 bits per heavy atom. The monoisotopic (exact) mass is 257 g/mol. The van der Waals surface area contributed by atoms with E-state index in [0.717, 1.165) is 22.9 Å². The summed E-state index contributed by atoms with van der Waals surface area (Å²) < 4.78 is 1.69. The standard InChI is InChI=1S/C12H15N7/c1-7-4-11(19-12(16-7)14-6-15-19)13-5-10-8(2)17-18-9(10)3/h4,6,13H,5H2,1-3H3,(H,17,18). The van der Waals surface area contributed by atoms with Crippen LogP contribution in [0.15, 0.2) is 12.4 Å². The first-order chi connectivity index (χ1) is 9.15. The average Bonchev–Trinajstić information content (AvgIpc) is 2.95. The maximum absolute atomic E-state index is 4.31. The van der Waals surface area contributed by atoms with Crippen molar-refractivity contribution in [1.29, 1.82) is 0 Å². The number of aromatic amines is 1. The lowest BCUT2D eigenvalue weighted by Gasteiger charge is -2.08. The van der Waals surface area contributed by atoms with Crippen molar-refractivity contribution in [2.75, 3.05) is 5.32 Å². The van der Waals surface area contributed by atoms with Crippen molar-refractivity contribution < 1.29 is 0 Å². The van der Waals surface area contributed by atoms with Gasteiger partial charge >= 0.3 is 0 Å². The molecule has 3 heterocycles. The SMILES string of the molecule is Cc1cc(NCc2c(C)n[nH]c2C)n2ncnc2n1. The zero-order valence-electron chi connectivity index (χ0n) is 11.1. The van der Waals surface area contributed by atoms with Gasteiger partial charge in [-0.2, -0.15) is 19.7 Å². The fourth-order valence-corrected chi connectivity index (χ4v) is 2.07. The van der Waals surface area contributed by atoms with Gasteiger partial charge in [-0.15, -0.1) is 0 Å². The fourth-order valence-electron chi connectivity index (χ4n) is 2.07. The Balaban J connectivity index is 1.91. The summed E-state index contributed by atoms with van der Waals surface area (Å²) in [7, 11) is 0. The zero-order chi connectivity index (χ0) is 13.4. The molecule has 0 unspecified atom stereocenters. The Hall–Kier alpha value is -2.44. The lowest BCUT2D eigenvalue weighted by atomic mass is 10.2. The van der Waals surface area contributed by atoms with Crippen molar-refractivity contribution in [1.82, 2.24) is 29.8 Å². The van der Waals surface area contributed by atoms with Crippen molar-refractivity contribution in [3.8, 4) is 0 Å². The van der Waals surface area contributed by atoms with Crippen LogP contribution >= 0.6 is 0 Å². The van der Waals surface area contributed by atoms with Crippen molar-refractivity contribution in [2.24, 2.45) is 0 Å². The first kappa shape index (κ1) is 11.6. The van der Waals surface area contributed by atoms with Gasteiger partial charge in [-0.1, -0.05) is 0 Å². The molecule has 0 bridgehead atoms. The first-order valence-corrected chi connectivity index (χ1v) is 6.07. The second-order valence-electron chi connectivity index (χ2n) is 4.52. The number of fused-ring (bicyclic) bond motifs is 1. The summed E-state index contributed by atoms with van der Waals surface area (Å²) in [5.41, 5.74) is 4.16. The lowest BCUT2D eigenvalue weighted by Crippen LogP contribution is -2.07. The molecule has 0 fully saturated rings. The Morgan fingerprint density at radius 2 is 2.16 bits per heavy atom. The number of rotatable bonds is 3. The van der Waals surface area contributed by atoms with Gasteiger partial charge in [0, 0.05) is 29.6 Å². The average molecular weight is 257 g/mol. The van der Waals surface area contributed by atoms with Crippen molar-refractivity contribution in [2.45, 2.75) is 27.3 Å². The summed E-state index contributed by atoms with van der Waals surface area (Å²) in [5, 5.41) is 14.7. The topological polar surface area (TPSA) is 83.8 Å². The molecule has 3 aromatic heterocycles. The number of hydrogen-bond acceptors (Lipinski definition) is 5. The van der Waals surface area contributed by atoms with Gasteiger partial charge in [0.25, 0.3) is 5.78 Å². The Bertz CT molecular complexity index is 705. The highest BCUT2D eigenvalue weighted by Gasteiger charge is 2.09. The van der Waals surface area contributed by atoms with Gasteiger partial charge in [-0.25, -0.2) is 4.98 Å². The van der Waals surface area contributed by atoms with Crippen LogP contribution in [0.1, 0.15) is 22.6 Å². The Morgan fingerprint density at radius 1 is 1.32 bits per heavy atom. The molecule has 0 spiro atoms. The van der Waals surface area contributed by atoms with E-state index in [4.69, 9.17) is 0 Å². The highest BCUT2D eigenvalue weighted by Crippen LogP contribution is 2.14. The van der Waals surface area contributed by atoms with E-state index < -0.39 is 0 Å². The summed E-state index contributed by atoms with van der Waals surface area (Å²) >= 11 is 0. The number of nitrogens with zero attached hydrogens (tertiary/aromatic N) is 5. The fraction of sp³-hybridized carbons (Fsp3) is 0.333. The van der Waals surface area contributed by atoms with E-state index in [-0.39, 0.29) is 0 Å². The van der Waals surface area contributed by atoms with Gasteiger partial charge in [0.2, 0.25) is 0 Å². The summed E-state index contributed by atoms with van der Waals surface area (Å²) in [6.07, 6.45) is 1.50. The summed E-state index contributed by atoms with van der Waals surface area (Å²) in [4.78, 5) is 8.41. The van der Waals surface area contributed by atoms with Gasteiger partial charge in [0.15, 0.2) is 0 Å². The van der Waals surface area contributed by atoms with Gasteiger partial charge < -0.3 is 5.32 Å². The quantitative estimate of drug-likeness (QED) is 0.740. The van der Waals surface area contributed by atoms with Crippen LogP contribution in [-0.2, 0) is 6.54 Å². The van der Waals surface area contributed by atoms with Crippen molar-refractivity contribution in [3.05, 3.63) is 35.0 Å². The van der Waals surface area contributed by atoms with E-state index in [1.165, 1.54) is 11.9 Å². The minimum absolute atomic E-state index is 0.600. The lowest BCUT2D eigenvalue weighted by molar-refractivity contribution is 0.913. The molecule has 7 nitrogen and oxygen atoms in total. The minimum Gasteiger partial charge on any atom is -0.366 e. The molecule has 0 radical (unpaired) electrons. The molecule has 0 amide bonds. The van der Waals surface area contributed by atoms with Crippen molar-refractivity contribution >= 4 is 11.6 Å². The molecule has 0 aromatic carbocycles. The van der Waals surface area contributed by atoms with Gasteiger partial charge in [0.1, 0.15) is 12.1 Å². The highest BCUT2D eigenvalue weighted by molar-refractivity contribution is 5.45. The third kappa shape index (κ3) is 2.03. The third-order valence-corrected chi connectivity index (χ3v) is 3.11. The number of hydrogen-bond donors (Lipinski definition) is 2. The molecule has 19 heavy (non-hydrogen) atoms. The molecular weight excluding hydrogens is 242 g/mol. The molecular formula is C12H15N7. The Labute approximate surface area is 110 Å². The maximum Gasteiger partial charge on any atom is 0.254 e. The second kappa shape index (κ2) is 4.34. The van der Waals surface area contributed by atoms with Crippen LogP contribution in [0.3, 0.4) is 0 Å². The largest absolute Gasteiger partial charge is 0.366 e. The molecule has 0 aliphatic carbocycles. The maximum atomic E-state index is 4.31. The van der Waals surface area contributed by atoms with Crippen LogP contribution in [0.25, 0.3) is 5.78 Å².